The highest BCUT2D eigenvalue weighted by molar-refractivity contribution is 7.92. The van der Waals surface area contributed by atoms with Crippen molar-refractivity contribution in [1.82, 2.24) is 10.2 Å². The van der Waals surface area contributed by atoms with Crippen molar-refractivity contribution >= 4 is 39.1 Å². The number of nitrogens with zero attached hydrogens (tertiary/aromatic N) is 2. The summed E-state index contributed by atoms with van der Waals surface area (Å²) in [6.45, 7) is 5.48. The number of amides is 2. The molecule has 2 amide bonds. The fourth-order valence-corrected chi connectivity index (χ4v) is 5.52. The molecule has 10 heteroatoms. The summed E-state index contributed by atoms with van der Waals surface area (Å²) in [6.07, 6.45) is 1.45. The Morgan fingerprint density at radius 1 is 0.951 bits per heavy atom. The van der Waals surface area contributed by atoms with Crippen LogP contribution in [-0.2, 0) is 32.6 Å². The summed E-state index contributed by atoms with van der Waals surface area (Å²) in [5, 5.41) is 3.44. The van der Waals surface area contributed by atoms with E-state index in [-0.39, 0.29) is 49.7 Å². The smallest absolute Gasteiger partial charge is 0.243 e. The molecular weight excluding hydrogens is 565 g/mol. The van der Waals surface area contributed by atoms with Gasteiger partial charge in [0.15, 0.2) is 0 Å². The third-order valence-corrected chi connectivity index (χ3v) is 7.78. The van der Waals surface area contributed by atoms with Gasteiger partial charge in [0.1, 0.15) is 11.9 Å². The van der Waals surface area contributed by atoms with Gasteiger partial charge in [-0.25, -0.2) is 12.8 Å². The third kappa shape index (κ3) is 9.86. The normalized spacial score (nSPS) is 12.4. The minimum atomic E-state index is -3.64. The summed E-state index contributed by atoms with van der Waals surface area (Å²) in [6, 6.07) is 20.9. The zero-order chi connectivity index (χ0) is 30.2. The van der Waals surface area contributed by atoms with E-state index < -0.39 is 27.4 Å². The molecule has 0 aromatic heterocycles. The van der Waals surface area contributed by atoms with Crippen LogP contribution in [0.25, 0.3) is 0 Å². The Kier molecular flexibility index (Phi) is 10.9. The monoisotopic (exact) mass is 601 g/mol. The predicted octanol–water partition coefficient (Wildman–Crippen LogP) is 5.58. The quantitative estimate of drug-likeness (QED) is 0.294. The van der Waals surface area contributed by atoms with Crippen LogP contribution in [0.3, 0.4) is 0 Å². The lowest BCUT2D eigenvalue weighted by molar-refractivity contribution is -0.142. The van der Waals surface area contributed by atoms with Crippen molar-refractivity contribution in [2.45, 2.75) is 58.2 Å². The van der Waals surface area contributed by atoms with Crippen LogP contribution in [0.15, 0.2) is 78.9 Å². The lowest BCUT2D eigenvalue weighted by Gasteiger charge is -2.34. The molecule has 0 aliphatic carbocycles. The zero-order valence-corrected chi connectivity index (χ0v) is 25.4. The first kappa shape index (κ1) is 32.1. The number of hydrogen-bond donors (Lipinski definition) is 1. The molecule has 3 aromatic rings. The zero-order valence-electron chi connectivity index (χ0n) is 23.8. The average molecular weight is 602 g/mol. The largest absolute Gasteiger partial charge is 0.350 e. The number of benzene rings is 3. The Balaban J connectivity index is 1.91. The third-order valence-electron chi connectivity index (χ3n) is 6.33. The number of anilines is 1. The van der Waals surface area contributed by atoms with Crippen molar-refractivity contribution in [3.63, 3.8) is 0 Å². The minimum absolute atomic E-state index is 0.0390. The highest BCUT2D eigenvalue weighted by atomic mass is 35.5. The van der Waals surface area contributed by atoms with Crippen molar-refractivity contribution in [2.24, 2.45) is 0 Å². The first-order valence-corrected chi connectivity index (χ1v) is 15.6. The van der Waals surface area contributed by atoms with E-state index in [1.165, 1.54) is 15.3 Å². The standard InChI is InChI=1S/C31H37ClFN3O4S/c1-31(2,3)34-30(38)28(21-23-11-6-5-7-12-23)35(22-24-13-8-9-14-27(24)33)29(37)15-10-20-36(41(4,39)40)26-18-16-25(32)17-19-26/h5-9,11-14,16-19,28H,10,15,20-22H2,1-4H3,(H,34,38)/t28-/m0/s1. The Morgan fingerprint density at radius 2 is 1.56 bits per heavy atom. The van der Waals surface area contributed by atoms with Gasteiger partial charge in [-0.1, -0.05) is 60.1 Å². The van der Waals surface area contributed by atoms with E-state index in [4.69, 9.17) is 11.6 Å². The fourth-order valence-electron chi connectivity index (χ4n) is 4.43. The summed E-state index contributed by atoms with van der Waals surface area (Å²) >= 11 is 5.96. The Bertz CT molecular complexity index is 1430. The number of sulfonamides is 1. The van der Waals surface area contributed by atoms with Gasteiger partial charge in [0.2, 0.25) is 21.8 Å². The maximum Gasteiger partial charge on any atom is 0.243 e. The lowest BCUT2D eigenvalue weighted by atomic mass is 10.00. The fraction of sp³-hybridized carbons (Fsp3) is 0.355. The molecule has 3 rings (SSSR count). The molecule has 0 unspecified atom stereocenters. The van der Waals surface area contributed by atoms with E-state index in [0.29, 0.717) is 10.7 Å². The van der Waals surface area contributed by atoms with Crippen molar-refractivity contribution in [3.8, 4) is 0 Å². The first-order chi connectivity index (χ1) is 19.2. The van der Waals surface area contributed by atoms with Crippen LogP contribution >= 0.6 is 11.6 Å². The summed E-state index contributed by atoms with van der Waals surface area (Å²) in [5.74, 6) is -1.22. The number of halogens is 2. The Morgan fingerprint density at radius 3 is 2.15 bits per heavy atom. The minimum Gasteiger partial charge on any atom is -0.350 e. The van der Waals surface area contributed by atoms with Gasteiger partial charge in [-0.05, 0) is 63.1 Å². The van der Waals surface area contributed by atoms with E-state index in [1.54, 1.807) is 42.5 Å². The average Bonchev–Trinajstić information content (AvgIpc) is 2.89. The number of rotatable bonds is 12. The summed E-state index contributed by atoms with van der Waals surface area (Å²) in [4.78, 5) is 28.8. The first-order valence-electron chi connectivity index (χ1n) is 13.4. The van der Waals surface area contributed by atoms with Gasteiger partial charge in [0.05, 0.1) is 11.9 Å². The molecule has 7 nitrogen and oxygen atoms in total. The van der Waals surface area contributed by atoms with Crippen LogP contribution < -0.4 is 9.62 Å². The molecule has 0 aliphatic rings. The maximum atomic E-state index is 14.8. The molecule has 41 heavy (non-hydrogen) atoms. The van der Waals surface area contributed by atoms with Crippen LogP contribution in [0.2, 0.25) is 5.02 Å². The van der Waals surface area contributed by atoms with Crippen molar-refractivity contribution in [1.29, 1.82) is 0 Å². The highest BCUT2D eigenvalue weighted by Gasteiger charge is 2.32. The van der Waals surface area contributed by atoms with E-state index in [1.807, 2.05) is 51.1 Å². The SMILES string of the molecule is CC(C)(C)NC(=O)[C@H](Cc1ccccc1)N(Cc1ccccc1F)C(=O)CCCN(c1ccc(Cl)cc1)S(C)(=O)=O. The molecule has 0 radical (unpaired) electrons. The molecule has 220 valence electrons. The second-order valence-corrected chi connectivity index (χ2v) is 13.3. The molecular formula is C31H37ClFN3O4S. The number of carbonyl (C=O) groups excluding carboxylic acids is 2. The molecule has 0 aliphatic heterocycles. The molecule has 0 fully saturated rings. The van der Waals surface area contributed by atoms with Gasteiger partial charge in [-0.2, -0.15) is 0 Å². The number of hydrogen-bond acceptors (Lipinski definition) is 4. The highest BCUT2D eigenvalue weighted by Crippen LogP contribution is 2.22. The second-order valence-electron chi connectivity index (χ2n) is 11.0. The van der Waals surface area contributed by atoms with E-state index >= 15 is 0 Å². The molecule has 0 saturated carbocycles. The van der Waals surface area contributed by atoms with Gasteiger partial charge in [0, 0.05) is 42.1 Å². The Hall–Kier alpha value is -3.43. The summed E-state index contributed by atoms with van der Waals surface area (Å²) in [5.41, 5.74) is 0.993. The second kappa shape index (κ2) is 14.0. The van der Waals surface area contributed by atoms with Crippen molar-refractivity contribution < 1.29 is 22.4 Å². The van der Waals surface area contributed by atoms with Crippen molar-refractivity contribution in [2.75, 3.05) is 17.1 Å². The van der Waals surface area contributed by atoms with Gasteiger partial charge in [-0.15, -0.1) is 0 Å². The maximum absolute atomic E-state index is 14.8. The molecule has 1 atom stereocenters. The summed E-state index contributed by atoms with van der Waals surface area (Å²) < 4.78 is 41.1. The predicted molar refractivity (Wildman–Crippen MR) is 162 cm³/mol. The van der Waals surface area contributed by atoms with Gasteiger partial charge < -0.3 is 10.2 Å². The molecule has 1 N–H and O–H groups in total. The lowest BCUT2D eigenvalue weighted by Crippen LogP contribution is -2.54. The van der Waals surface area contributed by atoms with Crippen molar-refractivity contribution in [3.05, 3.63) is 101 Å². The van der Waals surface area contributed by atoms with Gasteiger partial charge >= 0.3 is 0 Å². The van der Waals surface area contributed by atoms with Gasteiger partial charge in [-0.3, -0.25) is 13.9 Å². The van der Waals surface area contributed by atoms with Gasteiger partial charge in [0.25, 0.3) is 0 Å². The van der Waals surface area contributed by atoms with E-state index in [9.17, 15) is 22.4 Å². The van der Waals surface area contributed by atoms with Crippen LogP contribution in [-0.4, -0.2) is 49.5 Å². The topological polar surface area (TPSA) is 86.8 Å². The molecule has 0 heterocycles. The molecule has 0 spiro atoms. The molecule has 0 saturated heterocycles. The Labute approximate surface area is 247 Å². The van der Waals surface area contributed by atoms with Crippen LogP contribution in [0, 0.1) is 5.82 Å². The van der Waals surface area contributed by atoms with Crippen LogP contribution in [0.5, 0.6) is 0 Å². The molecule has 0 bridgehead atoms. The van der Waals surface area contributed by atoms with E-state index in [2.05, 4.69) is 5.32 Å². The number of carbonyl (C=O) groups is 2. The number of nitrogens with one attached hydrogen (secondary N) is 1. The van der Waals surface area contributed by atoms with Crippen LogP contribution in [0.1, 0.15) is 44.7 Å². The van der Waals surface area contributed by atoms with Crippen LogP contribution in [0.4, 0.5) is 10.1 Å². The van der Waals surface area contributed by atoms with E-state index in [0.717, 1.165) is 11.8 Å². The molecule has 3 aromatic carbocycles. The summed E-state index contributed by atoms with van der Waals surface area (Å²) in [7, 11) is -3.64.